The van der Waals surface area contributed by atoms with E-state index >= 15 is 0 Å². The standard InChI is InChI=1S/C21H19N5O4/c1-12-18(19(22)26(24-12)16-9-5-6-10-23-16)14-11-17(27)25(20(14)28)15-8-4-3-7-13(15)21(29)30-2/h3-10,14H,11,22H2,1-2H3/t14-/m1/s1. The Bertz CT molecular complexity index is 1160. The molecule has 1 aliphatic rings. The first kappa shape index (κ1) is 19.3. The Morgan fingerprint density at radius 2 is 1.90 bits per heavy atom. The van der Waals surface area contributed by atoms with Gasteiger partial charge in [0.2, 0.25) is 11.8 Å². The molecule has 1 fully saturated rings. The lowest BCUT2D eigenvalue weighted by molar-refractivity contribution is -0.121. The van der Waals surface area contributed by atoms with Crippen LogP contribution in [-0.2, 0) is 14.3 Å². The highest BCUT2D eigenvalue weighted by Gasteiger charge is 2.44. The number of rotatable bonds is 4. The largest absolute Gasteiger partial charge is 0.465 e. The molecule has 9 heteroatoms. The summed E-state index contributed by atoms with van der Waals surface area (Å²) in [6, 6.07) is 11.6. The summed E-state index contributed by atoms with van der Waals surface area (Å²) in [5.41, 5.74) is 7.66. The lowest BCUT2D eigenvalue weighted by Gasteiger charge is -2.18. The molecule has 0 unspecified atom stereocenters. The Kier molecular flexibility index (Phi) is 4.78. The third kappa shape index (κ3) is 3.00. The zero-order valence-corrected chi connectivity index (χ0v) is 16.4. The van der Waals surface area contributed by atoms with Crippen molar-refractivity contribution in [1.82, 2.24) is 14.8 Å². The lowest BCUT2D eigenvalue weighted by Crippen LogP contribution is -2.31. The molecule has 1 aromatic carbocycles. The van der Waals surface area contributed by atoms with E-state index in [1.807, 2.05) is 0 Å². The molecule has 2 N–H and O–H groups in total. The number of benzene rings is 1. The molecule has 1 atom stereocenters. The van der Waals surface area contributed by atoms with Gasteiger partial charge in [-0.25, -0.2) is 14.7 Å². The molecule has 4 rings (SSSR count). The minimum absolute atomic E-state index is 0.0761. The summed E-state index contributed by atoms with van der Waals surface area (Å²) in [5, 5.41) is 4.41. The van der Waals surface area contributed by atoms with Crippen LogP contribution in [0, 0.1) is 6.92 Å². The zero-order valence-electron chi connectivity index (χ0n) is 16.4. The van der Waals surface area contributed by atoms with Crippen molar-refractivity contribution in [3.63, 3.8) is 0 Å². The minimum atomic E-state index is -0.805. The van der Waals surface area contributed by atoms with Crippen LogP contribution >= 0.6 is 0 Å². The van der Waals surface area contributed by atoms with Gasteiger partial charge in [-0.15, -0.1) is 0 Å². The number of nitrogens with zero attached hydrogens (tertiary/aromatic N) is 4. The van der Waals surface area contributed by atoms with Crippen molar-refractivity contribution in [2.45, 2.75) is 19.3 Å². The van der Waals surface area contributed by atoms with Gasteiger partial charge in [0.15, 0.2) is 5.82 Å². The van der Waals surface area contributed by atoms with Crippen molar-refractivity contribution in [2.24, 2.45) is 0 Å². The number of aryl methyl sites for hydroxylation is 1. The average molecular weight is 405 g/mol. The number of pyridine rings is 1. The van der Waals surface area contributed by atoms with Crippen LogP contribution in [0.3, 0.4) is 0 Å². The molecule has 3 heterocycles. The van der Waals surface area contributed by atoms with E-state index in [-0.39, 0.29) is 23.5 Å². The molecule has 0 saturated carbocycles. The Balaban J connectivity index is 1.75. The number of hydrogen-bond donors (Lipinski definition) is 1. The molecule has 30 heavy (non-hydrogen) atoms. The molecule has 9 nitrogen and oxygen atoms in total. The Labute approximate surface area is 172 Å². The SMILES string of the molecule is COC(=O)c1ccccc1N1C(=O)C[C@H](c2c(C)nn(-c3ccccn3)c2N)C1=O. The van der Waals surface area contributed by atoms with Gasteiger partial charge in [-0.1, -0.05) is 18.2 Å². The Morgan fingerprint density at radius 3 is 2.60 bits per heavy atom. The fraction of sp³-hybridized carbons (Fsp3) is 0.190. The number of imide groups is 1. The van der Waals surface area contributed by atoms with Gasteiger partial charge in [0.25, 0.3) is 0 Å². The number of aromatic nitrogens is 3. The van der Waals surface area contributed by atoms with Crippen molar-refractivity contribution in [3.05, 3.63) is 65.5 Å². The first-order valence-corrected chi connectivity index (χ1v) is 9.24. The van der Waals surface area contributed by atoms with Gasteiger partial charge < -0.3 is 10.5 Å². The number of esters is 1. The summed E-state index contributed by atoms with van der Waals surface area (Å²) < 4.78 is 6.23. The molecule has 2 aromatic heterocycles. The van der Waals surface area contributed by atoms with Gasteiger partial charge in [0, 0.05) is 18.2 Å². The van der Waals surface area contributed by atoms with E-state index in [1.54, 1.807) is 43.5 Å². The molecule has 1 aliphatic heterocycles. The van der Waals surface area contributed by atoms with Crippen LogP contribution in [0.2, 0.25) is 0 Å². The molecule has 0 spiro atoms. The number of methoxy groups -OCH3 is 1. The molecular formula is C21H19N5O4. The number of nitrogen functional groups attached to an aromatic ring is 1. The fourth-order valence-corrected chi connectivity index (χ4v) is 3.70. The van der Waals surface area contributed by atoms with Crippen LogP contribution in [0.1, 0.15) is 34.0 Å². The summed E-state index contributed by atoms with van der Waals surface area (Å²) in [5.74, 6) is -1.57. The third-order valence-electron chi connectivity index (χ3n) is 5.06. The Hall–Kier alpha value is -4.01. The van der Waals surface area contributed by atoms with Crippen LogP contribution in [-0.4, -0.2) is 39.7 Å². The van der Waals surface area contributed by atoms with E-state index in [9.17, 15) is 14.4 Å². The van der Waals surface area contributed by atoms with Crippen molar-refractivity contribution >= 4 is 29.3 Å². The zero-order chi connectivity index (χ0) is 21.4. The van der Waals surface area contributed by atoms with Gasteiger partial charge in [0.05, 0.1) is 30.0 Å². The normalized spacial score (nSPS) is 16.2. The summed E-state index contributed by atoms with van der Waals surface area (Å²) >= 11 is 0. The molecule has 0 aliphatic carbocycles. The smallest absolute Gasteiger partial charge is 0.339 e. The highest BCUT2D eigenvalue weighted by atomic mass is 16.5. The number of anilines is 2. The van der Waals surface area contributed by atoms with Crippen molar-refractivity contribution < 1.29 is 19.1 Å². The van der Waals surface area contributed by atoms with E-state index in [0.29, 0.717) is 17.1 Å². The fourth-order valence-electron chi connectivity index (χ4n) is 3.70. The molecule has 1 saturated heterocycles. The average Bonchev–Trinajstić information content (AvgIpc) is 3.22. The highest BCUT2D eigenvalue weighted by molar-refractivity contribution is 6.24. The minimum Gasteiger partial charge on any atom is -0.465 e. The molecule has 3 aromatic rings. The summed E-state index contributed by atoms with van der Waals surface area (Å²) in [6.07, 6.45) is 1.54. The topological polar surface area (TPSA) is 120 Å². The summed E-state index contributed by atoms with van der Waals surface area (Å²) in [4.78, 5) is 43.4. The van der Waals surface area contributed by atoms with Crippen LogP contribution in [0.25, 0.3) is 5.82 Å². The van der Waals surface area contributed by atoms with Crippen LogP contribution in [0.4, 0.5) is 11.5 Å². The molecule has 0 radical (unpaired) electrons. The Morgan fingerprint density at radius 1 is 1.17 bits per heavy atom. The molecular weight excluding hydrogens is 386 g/mol. The molecule has 0 bridgehead atoms. The van der Waals surface area contributed by atoms with Crippen molar-refractivity contribution in [3.8, 4) is 5.82 Å². The highest BCUT2D eigenvalue weighted by Crippen LogP contribution is 2.38. The van der Waals surface area contributed by atoms with Gasteiger partial charge in [-0.3, -0.25) is 9.59 Å². The van der Waals surface area contributed by atoms with E-state index in [0.717, 1.165) is 4.90 Å². The van der Waals surface area contributed by atoms with Gasteiger partial charge in [-0.2, -0.15) is 9.78 Å². The second-order valence-electron chi connectivity index (χ2n) is 6.82. The van der Waals surface area contributed by atoms with Crippen LogP contribution in [0.15, 0.2) is 48.7 Å². The maximum Gasteiger partial charge on any atom is 0.339 e. The second kappa shape index (κ2) is 7.43. The first-order valence-electron chi connectivity index (χ1n) is 9.24. The van der Waals surface area contributed by atoms with E-state index in [4.69, 9.17) is 10.5 Å². The maximum atomic E-state index is 13.3. The monoisotopic (exact) mass is 405 g/mol. The lowest BCUT2D eigenvalue weighted by atomic mass is 9.97. The number of hydrogen-bond acceptors (Lipinski definition) is 7. The number of para-hydroxylation sites is 1. The number of nitrogens with two attached hydrogens (primary N) is 1. The maximum absolute atomic E-state index is 13.3. The van der Waals surface area contributed by atoms with Crippen molar-refractivity contribution in [1.29, 1.82) is 0 Å². The van der Waals surface area contributed by atoms with E-state index in [1.165, 1.54) is 23.9 Å². The first-order chi connectivity index (χ1) is 14.4. The van der Waals surface area contributed by atoms with Gasteiger partial charge >= 0.3 is 5.97 Å². The molecule has 152 valence electrons. The summed E-state index contributed by atoms with van der Waals surface area (Å²) in [6.45, 7) is 1.73. The number of amides is 2. The number of ether oxygens (including phenoxy) is 1. The van der Waals surface area contributed by atoms with Crippen LogP contribution < -0.4 is 10.6 Å². The predicted molar refractivity (Wildman–Crippen MR) is 108 cm³/mol. The second-order valence-corrected chi connectivity index (χ2v) is 6.82. The van der Waals surface area contributed by atoms with E-state index < -0.39 is 23.7 Å². The molecule has 2 amide bonds. The summed E-state index contributed by atoms with van der Waals surface area (Å²) in [7, 11) is 1.24. The number of carbonyl (C=O) groups excluding carboxylic acids is 3. The van der Waals surface area contributed by atoms with Crippen LogP contribution in [0.5, 0.6) is 0 Å². The van der Waals surface area contributed by atoms with E-state index in [2.05, 4.69) is 10.1 Å². The van der Waals surface area contributed by atoms with Gasteiger partial charge in [-0.05, 0) is 31.2 Å². The quantitative estimate of drug-likeness (QED) is 0.520. The third-order valence-corrected chi connectivity index (χ3v) is 5.06. The predicted octanol–water partition coefficient (Wildman–Crippen LogP) is 1.99. The van der Waals surface area contributed by atoms with Crippen molar-refractivity contribution in [2.75, 3.05) is 17.7 Å². The van der Waals surface area contributed by atoms with Gasteiger partial charge in [0.1, 0.15) is 5.82 Å². The number of carbonyl (C=O) groups is 3.